The molecule has 0 aromatic carbocycles. The van der Waals surface area contributed by atoms with E-state index >= 15 is 0 Å². The van der Waals surface area contributed by atoms with Crippen molar-refractivity contribution in [1.82, 2.24) is 15.1 Å². The zero-order valence-electron chi connectivity index (χ0n) is 11.0. The summed E-state index contributed by atoms with van der Waals surface area (Å²) in [6, 6.07) is 1.88. The Morgan fingerprint density at radius 2 is 2.15 bits per heavy atom. The van der Waals surface area contributed by atoms with E-state index in [2.05, 4.69) is 31.1 Å². The van der Waals surface area contributed by atoms with Gasteiger partial charge in [0.05, 0.1) is 12.5 Å². The molecule has 6 heteroatoms. The summed E-state index contributed by atoms with van der Waals surface area (Å²) in [5.74, 6) is 1.37. The lowest BCUT2D eigenvalue weighted by Crippen LogP contribution is -2.20. The maximum absolute atomic E-state index is 10.2. The van der Waals surface area contributed by atoms with E-state index in [4.69, 9.17) is 4.52 Å². The first-order chi connectivity index (χ1) is 9.72. The Kier molecular flexibility index (Phi) is 4.12. The fourth-order valence-electron chi connectivity index (χ4n) is 2.68. The van der Waals surface area contributed by atoms with Crippen molar-refractivity contribution in [2.75, 3.05) is 0 Å². The van der Waals surface area contributed by atoms with E-state index in [1.165, 1.54) is 12.8 Å². The Labute approximate surface area is 125 Å². The van der Waals surface area contributed by atoms with Crippen LogP contribution in [0.5, 0.6) is 0 Å². The molecule has 5 nitrogen and oxygen atoms in total. The number of aliphatic hydroxyl groups excluding tert-OH is 1. The quantitative estimate of drug-likeness (QED) is 0.928. The van der Waals surface area contributed by atoms with Crippen LogP contribution in [0.1, 0.15) is 31.6 Å². The lowest BCUT2D eigenvalue weighted by atomic mass is 9.98. The van der Waals surface area contributed by atoms with Crippen LogP contribution < -0.4 is 0 Å². The van der Waals surface area contributed by atoms with Crippen molar-refractivity contribution >= 4 is 15.9 Å². The number of aliphatic hydroxyl groups is 1. The fraction of sp³-hybridized carbons (Fsp3) is 0.500. The first kappa shape index (κ1) is 13.7. The molecule has 2 aromatic rings. The largest absolute Gasteiger partial charge is 0.392 e. The average Bonchev–Trinajstić information content (AvgIpc) is 3.10. The smallest absolute Gasteiger partial charge is 0.229 e. The zero-order chi connectivity index (χ0) is 13.9. The molecule has 0 bridgehead atoms. The SMILES string of the molecule is OC(Cc1nc(-c2cncc(Br)c2)no1)C1CCCC1. The van der Waals surface area contributed by atoms with Crippen molar-refractivity contribution in [2.24, 2.45) is 5.92 Å². The van der Waals surface area contributed by atoms with E-state index in [0.717, 1.165) is 22.9 Å². The molecule has 1 saturated carbocycles. The van der Waals surface area contributed by atoms with E-state index in [0.29, 0.717) is 24.1 Å². The van der Waals surface area contributed by atoms with E-state index < -0.39 is 0 Å². The van der Waals surface area contributed by atoms with Crippen molar-refractivity contribution < 1.29 is 9.63 Å². The van der Waals surface area contributed by atoms with Crippen LogP contribution in [0.3, 0.4) is 0 Å². The summed E-state index contributed by atoms with van der Waals surface area (Å²) >= 11 is 3.36. The predicted molar refractivity (Wildman–Crippen MR) is 76.9 cm³/mol. The van der Waals surface area contributed by atoms with Crippen LogP contribution in [-0.4, -0.2) is 26.3 Å². The Morgan fingerprint density at radius 1 is 1.35 bits per heavy atom. The van der Waals surface area contributed by atoms with Crippen LogP contribution in [0.15, 0.2) is 27.5 Å². The normalized spacial score (nSPS) is 17.5. The van der Waals surface area contributed by atoms with Crippen molar-refractivity contribution in [3.8, 4) is 11.4 Å². The second-order valence-electron chi connectivity index (χ2n) is 5.22. The second-order valence-corrected chi connectivity index (χ2v) is 6.14. The lowest BCUT2D eigenvalue weighted by Gasteiger charge is -2.14. The minimum atomic E-state index is -0.383. The molecule has 0 spiro atoms. The fourth-order valence-corrected chi connectivity index (χ4v) is 3.04. The standard InChI is InChI=1S/C14H16BrN3O2/c15-11-5-10(7-16-8-11)14-17-13(20-18-14)6-12(19)9-3-1-2-4-9/h5,7-9,12,19H,1-4,6H2. The van der Waals surface area contributed by atoms with E-state index in [9.17, 15) is 5.11 Å². The molecular formula is C14H16BrN3O2. The Bertz CT molecular complexity index is 581. The number of aromatic nitrogens is 3. The molecule has 0 radical (unpaired) electrons. The average molecular weight is 338 g/mol. The molecule has 2 aromatic heterocycles. The summed E-state index contributed by atoms with van der Waals surface area (Å²) in [5.41, 5.74) is 0.796. The number of hydrogen-bond donors (Lipinski definition) is 1. The van der Waals surface area contributed by atoms with Crippen LogP contribution in [0.25, 0.3) is 11.4 Å². The van der Waals surface area contributed by atoms with Crippen LogP contribution in [0.4, 0.5) is 0 Å². The highest BCUT2D eigenvalue weighted by Gasteiger charge is 2.25. The molecule has 1 unspecified atom stereocenters. The van der Waals surface area contributed by atoms with Crippen molar-refractivity contribution in [3.05, 3.63) is 28.8 Å². The summed E-state index contributed by atoms with van der Waals surface area (Å²) in [4.78, 5) is 8.41. The van der Waals surface area contributed by atoms with Gasteiger partial charge in [-0.2, -0.15) is 4.98 Å². The van der Waals surface area contributed by atoms with Gasteiger partial charge in [0.25, 0.3) is 0 Å². The molecule has 3 rings (SSSR count). The Hall–Kier alpha value is -1.27. The number of hydrogen-bond acceptors (Lipinski definition) is 5. The Balaban J connectivity index is 1.70. The highest BCUT2D eigenvalue weighted by molar-refractivity contribution is 9.10. The maximum atomic E-state index is 10.2. The molecule has 0 saturated heterocycles. The topological polar surface area (TPSA) is 72.0 Å². The van der Waals surface area contributed by atoms with E-state index in [1.54, 1.807) is 12.4 Å². The van der Waals surface area contributed by atoms with Gasteiger partial charge in [0.15, 0.2) is 0 Å². The third kappa shape index (κ3) is 3.07. The van der Waals surface area contributed by atoms with Gasteiger partial charge in [-0.25, -0.2) is 0 Å². The van der Waals surface area contributed by atoms with Gasteiger partial charge < -0.3 is 9.63 Å². The van der Waals surface area contributed by atoms with E-state index in [1.807, 2.05) is 6.07 Å². The molecule has 2 heterocycles. The summed E-state index contributed by atoms with van der Waals surface area (Å²) in [5, 5.41) is 14.1. The van der Waals surface area contributed by atoms with Crippen molar-refractivity contribution in [2.45, 2.75) is 38.2 Å². The molecule has 20 heavy (non-hydrogen) atoms. The Morgan fingerprint density at radius 3 is 2.90 bits per heavy atom. The third-order valence-electron chi connectivity index (χ3n) is 3.76. The minimum Gasteiger partial charge on any atom is -0.392 e. The van der Waals surface area contributed by atoms with Gasteiger partial charge in [0.1, 0.15) is 0 Å². The first-order valence-corrected chi connectivity index (χ1v) is 7.63. The lowest BCUT2D eigenvalue weighted by molar-refractivity contribution is 0.102. The minimum absolute atomic E-state index is 0.373. The zero-order valence-corrected chi connectivity index (χ0v) is 12.6. The molecule has 1 atom stereocenters. The van der Waals surface area contributed by atoms with Crippen molar-refractivity contribution in [3.63, 3.8) is 0 Å². The van der Waals surface area contributed by atoms with Crippen LogP contribution in [0.2, 0.25) is 0 Å². The molecule has 0 amide bonds. The van der Waals surface area contributed by atoms with Gasteiger partial charge in [-0.1, -0.05) is 18.0 Å². The molecule has 0 aliphatic heterocycles. The highest BCUT2D eigenvalue weighted by Crippen LogP contribution is 2.29. The molecule has 1 N–H and O–H groups in total. The maximum Gasteiger partial charge on any atom is 0.229 e. The van der Waals surface area contributed by atoms with Gasteiger partial charge in [0, 0.05) is 22.4 Å². The summed E-state index contributed by atoms with van der Waals surface area (Å²) in [7, 11) is 0. The van der Waals surface area contributed by atoms with Gasteiger partial charge >= 0.3 is 0 Å². The molecule has 1 aliphatic carbocycles. The van der Waals surface area contributed by atoms with Crippen molar-refractivity contribution in [1.29, 1.82) is 0 Å². The van der Waals surface area contributed by atoms with Gasteiger partial charge in [-0.3, -0.25) is 4.98 Å². The number of nitrogens with zero attached hydrogens (tertiary/aromatic N) is 3. The molecular weight excluding hydrogens is 322 g/mol. The first-order valence-electron chi connectivity index (χ1n) is 6.84. The molecule has 1 fully saturated rings. The van der Waals surface area contributed by atoms with Gasteiger partial charge in [0.2, 0.25) is 11.7 Å². The van der Waals surface area contributed by atoms with Crippen LogP contribution in [0, 0.1) is 5.92 Å². The van der Waals surface area contributed by atoms with Crippen LogP contribution in [-0.2, 0) is 6.42 Å². The number of halogens is 1. The number of pyridine rings is 1. The summed E-state index contributed by atoms with van der Waals surface area (Å²) < 4.78 is 6.09. The number of rotatable bonds is 4. The second kappa shape index (κ2) is 6.01. The predicted octanol–water partition coefficient (Wildman–Crippen LogP) is 2.99. The van der Waals surface area contributed by atoms with Crippen LogP contribution >= 0.6 is 15.9 Å². The highest BCUT2D eigenvalue weighted by atomic mass is 79.9. The summed E-state index contributed by atoms with van der Waals surface area (Å²) in [6.45, 7) is 0. The third-order valence-corrected chi connectivity index (χ3v) is 4.19. The van der Waals surface area contributed by atoms with Gasteiger partial charge in [-0.05, 0) is 40.8 Å². The van der Waals surface area contributed by atoms with E-state index in [-0.39, 0.29) is 6.10 Å². The molecule has 106 valence electrons. The molecule has 1 aliphatic rings. The summed E-state index contributed by atoms with van der Waals surface area (Å²) in [6.07, 6.45) is 8.04. The monoisotopic (exact) mass is 337 g/mol. The van der Waals surface area contributed by atoms with Gasteiger partial charge in [-0.15, -0.1) is 0 Å².